The summed E-state index contributed by atoms with van der Waals surface area (Å²) in [7, 11) is 0. The van der Waals surface area contributed by atoms with Crippen LogP contribution in [-0.4, -0.2) is 22.2 Å². The molecule has 0 radical (unpaired) electrons. The number of nitrogens with zero attached hydrogens (tertiary/aromatic N) is 1. The molecular weight excluding hydrogens is 300 g/mol. The van der Waals surface area contributed by atoms with Gasteiger partial charge in [-0.2, -0.15) is 0 Å². The number of rotatable bonds is 6. The van der Waals surface area contributed by atoms with E-state index in [-0.39, 0.29) is 17.6 Å². The highest BCUT2D eigenvalue weighted by Crippen LogP contribution is 2.13. The van der Waals surface area contributed by atoms with Gasteiger partial charge in [-0.05, 0) is 25.8 Å². The Morgan fingerprint density at radius 3 is 2.89 bits per heavy atom. The third kappa shape index (κ3) is 4.44. The molecule has 1 aromatic carbocycles. The number of carbonyl (C=O) groups is 1. The summed E-state index contributed by atoms with van der Waals surface area (Å²) in [4.78, 5) is 21.9. The molecule has 0 heterocycles. The van der Waals surface area contributed by atoms with Crippen molar-refractivity contribution in [2.75, 3.05) is 5.33 Å². The monoisotopic (exact) mass is 314 g/mol. The summed E-state index contributed by atoms with van der Waals surface area (Å²) in [5, 5.41) is 14.3. The number of benzene rings is 1. The van der Waals surface area contributed by atoms with Crippen molar-refractivity contribution < 1.29 is 9.72 Å². The van der Waals surface area contributed by atoms with E-state index in [2.05, 4.69) is 21.2 Å². The molecule has 18 heavy (non-hydrogen) atoms. The fraction of sp³-hybridized carbons (Fsp3) is 0.417. The maximum absolute atomic E-state index is 11.8. The van der Waals surface area contributed by atoms with Crippen LogP contribution in [0, 0.1) is 10.1 Å². The number of alkyl halides is 1. The van der Waals surface area contributed by atoms with Gasteiger partial charge in [0.25, 0.3) is 11.6 Å². The van der Waals surface area contributed by atoms with Crippen LogP contribution in [0.3, 0.4) is 0 Å². The fourth-order valence-electron chi connectivity index (χ4n) is 1.52. The molecule has 6 heteroatoms. The largest absolute Gasteiger partial charge is 0.350 e. The number of nitro benzene ring substituents is 1. The van der Waals surface area contributed by atoms with Crippen LogP contribution in [0.5, 0.6) is 0 Å². The van der Waals surface area contributed by atoms with E-state index in [4.69, 9.17) is 0 Å². The van der Waals surface area contributed by atoms with E-state index in [9.17, 15) is 14.9 Å². The molecule has 5 nitrogen and oxygen atoms in total. The zero-order valence-electron chi connectivity index (χ0n) is 10.1. The minimum Gasteiger partial charge on any atom is -0.350 e. The molecule has 0 bridgehead atoms. The third-order valence-corrected chi connectivity index (χ3v) is 3.03. The Labute approximate surface area is 114 Å². The topological polar surface area (TPSA) is 72.2 Å². The molecule has 1 aromatic rings. The molecule has 0 spiro atoms. The quantitative estimate of drug-likeness (QED) is 0.498. The predicted molar refractivity (Wildman–Crippen MR) is 73.1 cm³/mol. The lowest BCUT2D eigenvalue weighted by molar-refractivity contribution is -0.384. The summed E-state index contributed by atoms with van der Waals surface area (Å²) in [6.07, 6.45) is 1.84. The van der Waals surface area contributed by atoms with Gasteiger partial charge in [-0.1, -0.05) is 22.0 Å². The van der Waals surface area contributed by atoms with Crippen LogP contribution in [0.2, 0.25) is 0 Å². The van der Waals surface area contributed by atoms with Crippen molar-refractivity contribution in [3.8, 4) is 0 Å². The molecule has 0 fully saturated rings. The smallest absolute Gasteiger partial charge is 0.270 e. The maximum Gasteiger partial charge on any atom is 0.270 e. The zero-order chi connectivity index (χ0) is 13.5. The van der Waals surface area contributed by atoms with Gasteiger partial charge in [-0.3, -0.25) is 14.9 Å². The summed E-state index contributed by atoms with van der Waals surface area (Å²) in [5.74, 6) is -0.277. The molecule has 0 saturated heterocycles. The maximum atomic E-state index is 11.8. The predicted octanol–water partition coefficient (Wildman–Crippen LogP) is 2.89. The van der Waals surface area contributed by atoms with Crippen LogP contribution >= 0.6 is 15.9 Å². The first-order chi connectivity index (χ1) is 8.54. The number of amides is 1. The van der Waals surface area contributed by atoms with Gasteiger partial charge in [0.1, 0.15) is 0 Å². The Balaban J connectivity index is 2.66. The first kappa shape index (κ1) is 14.6. The molecule has 1 N–H and O–H groups in total. The molecule has 0 aliphatic rings. The van der Waals surface area contributed by atoms with Crippen molar-refractivity contribution in [1.82, 2.24) is 5.32 Å². The van der Waals surface area contributed by atoms with Gasteiger partial charge in [0, 0.05) is 29.1 Å². The number of halogens is 1. The molecule has 0 saturated carbocycles. The van der Waals surface area contributed by atoms with Crippen molar-refractivity contribution in [2.45, 2.75) is 25.8 Å². The van der Waals surface area contributed by atoms with Gasteiger partial charge >= 0.3 is 0 Å². The molecular formula is C12H15BrN2O3. The Morgan fingerprint density at radius 1 is 1.56 bits per heavy atom. The van der Waals surface area contributed by atoms with E-state index in [1.165, 1.54) is 18.2 Å². The van der Waals surface area contributed by atoms with Crippen LogP contribution in [0.25, 0.3) is 0 Å². The van der Waals surface area contributed by atoms with Crippen LogP contribution < -0.4 is 5.32 Å². The van der Waals surface area contributed by atoms with E-state index in [0.29, 0.717) is 5.56 Å². The Bertz CT molecular complexity index is 437. The number of hydrogen-bond donors (Lipinski definition) is 1. The lowest BCUT2D eigenvalue weighted by Gasteiger charge is -2.12. The molecule has 1 atom stereocenters. The molecule has 0 aliphatic heterocycles. The summed E-state index contributed by atoms with van der Waals surface area (Å²) >= 11 is 3.33. The molecule has 0 aromatic heterocycles. The number of carbonyl (C=O) groups excluding carboxylic acids is 1. The first-order valence-electron chi connectivity index (χ1n) is 5.66. The van der Waals surface area contributed by atoms with Crippen molar-refractivity contribution >= 4 is 27.5 Å². The van der Waals surface area contributed by atoms with Crippen LogP contribution in [0.15, 0.2) is 24.3 Å². The van der Waals surface area contributed by atoms with Gasteiger partial charge in [0.2, 0.25) is 0 Å². The third-order valence-electron chi connectivity index (χ3n) is 2.47. The van der Waals surface area contributed by atoms with Crippen molar-refractivity contribution in [3.63, 3.8) is 0 Å². The molecule has 1 rings (SSSR count). The summed E-state index contributed by atoms with van der Waals surface area (Å²) in [5.41, 5.74) is 0.241. The number of nitrogens with one attached hydrogen (secondary N) is 1. The van der Waals surface area contributed by atoms with Crippen LogP contribution in [0.1, 0.15) is 30.1 Å². The molecule has 1 amide bonds. The molecule has 0 aliphatic carbocycles. The fourth-order valence-corrected chi connectivity index (χ4v) is 1.85. The lowest BCUT2D eigenvalue weighted by Crippen LogP contribution is -2.32. The summed E-state index contributed by atoms with van der Waals surface area (Å²) in [6, 6.07) is 5.78. The van der Waals surface area contributed by atoms with Gasteiger partial charge in [-0.25, -0.2) is 0 Å². The summed E-state index contributed by atoms with van der Waals surface area (Å²) in [6.45, 7) is 1.91. The zero-order valence-corrected chi connectivity index (χ0v) is 11.6. The Morgan fingerprint density at radius 2 is 2.28 bits per heavy atom. The Hall–Kier alpha value is -1.43. The second-order valence-electron chi connectivity index (χ2n) is 4.01. The first-order valence-corrected chi connectivity index (χ1v) is 6.78. The summed E-state index contributed by atoms with van der Waals surface area (Å²) < 4.78 is 0. The standard InChI is InChI=1S/C12H15BrN2O3/c1-9(4-3-7-13)14-12(16)10-5-2-6-11(8-10)15(17)18/h2,5-6,8-9H,3-4,7H2,1H3,(H,14,16). The van der Waals surface area contributed by atoms with Crippen LogP contribution in [0.4, 0.5) is 5.69 Å². The SMILES string of the molecule is CC(CCCBr)NC(=O)c1cccc([N+](=O)[O-])c1. The van der Waals surface area contributed by atoms with Gasteiger partial charge in [0.15, 0.2) is 0 Å². The second-order valence-corrected chi connectivity index (χ2v) is 4.81. The van der Waals surface area contributed by atoms with E-state index < -0.39 is 4.92 Å². The highest BCUT2D eigenvalue weighted by atomic mass is 79.9. The average molecular weight is 315 g/mol. The minimum absolute atomic E-state index is 0.0503. The van der Waals surface area contributed by atoms with Crippen molar-refractivity contribution in [2.24, 2.45) is 0 Å². The van der Waals surface area contributed by atoms with Crippen LogP contribution in [-0.2, 0) is 0 Å². The lowest BCUT2D eigenvalue weighted by atomic mass is 10.1. The van der Waals surface area contributed by atoms with Gasteiger partial charge in [0.05, 0.1) is 4.92 Å². The second kappa shape index (κ2) is 7.10. The highest BCUT2D eigenvalue weighted by molar-refractivity contribution is 9.09. The van der Waals surface area contributed by atoms with E-state index in [1.54, 1.807) is 6.07 Å². The molecule has 1 unspecified atom stereocenters. The normalized spacial score (nSPS) is 11.9. The van der Waals surface area contributed by atoms with E-state index >= 15 is 0 Å². The Kier molecular flexibility index (Phi) is 5.77. The van der Waals surface area contributed by atoms with Gasteiger partial charge in [-0.15, -0.1) is 0 Å². The number of hydrogen-bond acceptors (Lipinski definition) is 3. The number of nitro groups is 1. The van der Waals surface area contributed by atoms with Crippen molar-refractivity contribution in [3.05, 3.63) is 39.9 Å². The average Bonchev–Trinajstić information content (AvgIpc) is 2.36. The van der Waals surface area contributed by atoms with Crippen molar-refractivity contribution in [1.29, 1.82) is 0 Å². The van der Waals surface area contributed by atoms with E-state index in [0.717, 1.165) is 18.2 Å². The van der Waals surface area contributed by atoms with E-state index in [1.807, 2.05) is 6.92 Å². The molecule has 98 valence electrons. The number of non-ortho nitro benzene ring substituents is 1. The minimum atomic E-state index is -0.509. The highest BCUT2D eigenvalue weighted by Gasteiger charge is 2.13. The van der Waals surface area contributed by atoms with Gasteiger partial charge < -0.3 is 5.32 Å².